The summed E-state index contributed by atoms with van der Waals surface area (Å²) in [5.74, 6) is 0.304. The molecule has 3 rings (SSSR count). The third-order valence-corrected chi connectivity index (χ3v) is 4.18. The van der Waals surface area contributed by atoms with Crippen molar-refractivity contribution in [1.29, 1.82) is 0 Å². The van der Waals surface area contributed by atoms with Crippen LogP contribution in [0.4, 0.5) is 0 Å². The molecule has 6 heteroatoms. The summed E-state index contributed by atoms with van der Waals surface area (Å²) in [6.07, 6.45) is 9.07. The molecule has 0 spiro atoms. The van der Waals surface area contributed by atoms with Crippen LogP contribution in [0.2, 0.25) is 0 Å². The maximum Gasteiger partial charge on any atom is 0.226 e. The molecule has 1 fully saturated rings. The summed E-state index contributed by atoms with van der Waals surface area (Å²) in [6.45, 7) is 0. The van der Waals surface area contributed by atoms with Crippen molar-refractivity contribution < 1.29 is 9.90 Å². The Balaban J connectivity index is 1.62. The average molecular weight is 300 g/mol. The Morgan fingerprint density at radius 2 is 2.14 bits per heavy atom. The highest BCUT2D eigenvalue weighted by Crippen LogP contribution is 2.31. The normalized spacial score (nSPS) is 21.9. The molecule has 2 aromatic rings. The van der Waals surface area contributed by atoms with E-state index >= 15 is 0 Å². The highest BCUT2D eigenvalue weighted by molar-refractivity contribution is 5.78. The van der Waals surface area contributed by atoms with Crippen LogP contribution in [0.5, 0.6) is 0 Å². The summed E-state index contributed by atoms with van der Waals surface area (Å²) in [4.78, 5) is 23.1. The Kier molecular flexibility index (Phi) is 4.48. The lowest BCUT2D eigenvalue weighted by Crippen LogP contribution is -2.48. The van der Waals surface area contributed by atoms with Crippen molar-refractivity contribution in [2.75, 3.05) is 0 Å². The lowest BCUT2D eigenvalue weighted by atomic mass is 9.75. The number of hydrogen-bond acceptors (Lipinski definition) is 4. The van der Waals surface area contributed by atoms with Crippen LogP contribution in [0.3, 0.4) is 0 Å². The number of rotatable bonds is 6. The van der Waals surface area contributed by atoms with Gasteiger partial charge in [-0.3, -0.25) is 9.78 Å². The van der Waals surface area contributed by atoms with Crippen molar-refractivity contribution in [1.82, 2.24) is 20.3 Å². The van der Waals surface area contributed by atoms with E-state index in [1.54, 1.807) is 24.9 Å². The SMILES string of the molecule is O=C(Cc1cnc[nH]1)NC(Cc1ccncc1)C1CC(O)C1. The number of pyridine rings is 1. The van der Waals surface area contributed by atoms with E-state index in [9.17, 15) is 9.90 Å². The van der Waals surface area contributed by atoms with Crippen molar-refractivity contribution in [2.45, 2.75) is 37.8 Å². The van der Waals surface area contributed by atoms with Crippen molar-refractivity contribution in [3.8, 4) is 0 Å². The first-order valence-electron chi connectivity index (χ1n) is 7.54. The molecule has 1 aliphatic rings. The third kappa shape index (κ3) is 3.71. The molecule has 0 bridgehead atoms. The predicted octanol–water partition coefficient (Wildman–Crippen LogP) is 0.846. The Hall–Kier alpha value is -2.21. The number of aliphatic hydroxyl groups is 1. The van der Waals surface area contributed by atoms with Gasteiger partial charge in [0.15, 0.2) is 0 Å². The van der Waals surface area contributed by atoms with Gasteiger partial charge in [0.2, 0.25) is 5.91 Å². The summed E-state index contributed by atoms with van der Waals surface area (Å²) >= 11 is 0. The van der Waals surface area contributed by atoms with Gasteiger partial charge in [-0.05, 0) is 42.9 Å². The standard InChI is InChI=1S/C16H20N4O2/c21-14-6-12(7-14)15(5-11-1-3-17-4-2-11)20-16(22)8-13-9-18-10-19-13/h1-4,9-10,12,14-15,21H,5-8H2,(H,18,19)(H,20,22). The lowest BCUT2D eigenvalue weighted by Gasteiger charge is -2.38. The minimum Gasteiger partial charge on any atom is -0.393 e. The zero-order chi connectivity index (χ0) is 15.4. The monoisotopic (exact) mass is 300 g/mol. The molecule has 22 heavy (non-hydrogen) atoms. The van der Waals surface area contributed by atoms with Crippen LogP contribution in [0.25, 0.3) is 0 Å². The molecule has 1 amide bonds. The topological polar surface area (TPSA) is 90.9 Å². The van der Waals surface area contributed by atoms with E-state index < -0.39 is 0 Å². The number of amides is 1. The number of aliphatic hydroxyl groups excluding tert-OH is 1. The number of nitrogens with one attached hydrogen (secondary N) is 2. The molecule has 2 aromatic heterocycles. The van der Waals surface area contributed by atoms with Crippen molar-refractivity contribution >= 4 is 5.91 Å². The van der Waals surface area contributed by atoms with Gasteiger partial charge in [-0.25, -0.2) is 4.98 Å². The first kappa shape index (κ1) is 14.7. The Morgan fingerprint density at radius 3 is 2.77 bits per heavy atom. The number of nitrogens with zero attached hydrogens (tertiary/aromatic N) is 2. The van der Waals surface area contributed by atoms with E-state index in [0.29, 0.717) is 12.3 Å². The maximum atomic E-state index is 12.2. The molecule has 0 saturated heterocycles. The van der Waals surface area contributed by atoms with Gasteiger partial charge >= 0.3 is 0 Å². The van der Waals surface area contributed by atoms with Gasteiger partial charge in [-0.1, -0.05) is 0 Å². The number of carbonyl (C=O) groups excluding carboxylic acids is 1. The molecule has 1 atom stereocenters. The molecule has 1 aliphatic carbocycles. The maximum absolute atomic E-state index is 12.2. The second-order valence-corrected chi connectivity index (χ2v) is 5.87. The third-order valence-electron chi connectivity index (χ3n) is 4.18. The van der Waals surface area contributed by atoms with E-state index in [4.69, 9.17) is 0 Å². The number of hydrogen-bond donors (Lipinski definition) is 3. The number of aromatic amines is 1. The van der Waals surface area contributed by atoms with Gasteiger partial charge < -0.3 is 15.4 Å². The van der Waals surface area contributed by atoms with Gasteiger partial charge in [0.25, 0.3) is 0 Å². The fraction of sp³-hybridized carbons (Fsp3) is 0.438. The van der Waals surface area contributed by atoms with Crippen molar-refractivity contribution in [3.05, 3.63) is 48.3 Å². The quantitative estimate of drug-likeness (QED) is 0.737. The number of imidazole rings is 1. The van der Waals surface area contributed by atoms with E-state index in [2.05, 4.69) is 20.3 Å². The van der Waals surface area contributed by atoms with Gasteiger partial charge in [-0.2, -0.15) is 0 Å². The van der Waals surface area contributed by atoms with Crippen LogP contribution < -0.4 is 5.32 Å². The second-order valence-electron chi connectivity index (χ2n) is 5.87. The largest absolute Gasteiger partial charge is 0.393 e. The number of H-pyrrole nitrogens is 1. The first-order valence-corrected chi connectivity index (χ1v) is 7.54. The highest BCUT2D eigenvalue weighted by atomic mass is 16.3. The molecule has 2 heterocycles. The lowest BCUT2D eigenvalue weighted by molar-refractivity contribution is -0.122. The summed E-state index contributed by atoms with van der Waals surface area (Å²) < 4.78 is 0. The summed E-state index contributed by atoms with van der Waals surface area (Å²) in [6, 6.07) is 3.97. The van der Waals surface area contributed by atoms with Crippen LogP contribution >= 0.6 is 0 Å². The Labute approximate surface area is 129 Å². The predicted molar refractivity (Wildman–Crippen MR) is 80.9 cm³/mol. The molecule has 0 aliphatic heterocycles. The van der Waals surface area contributed by atoms with Crippen LogP contribution in [-0.4, -0.2) is 38.1 Å². The number of aromatic nitrogens is 3. The second kappa shape index (κ2) is 6.70. The fourth-order valence-electron chi connectivity index (χ4n) is 2.88. The smallest absolute Gasteiger partial charge is 0.226 e. The minimum atomic E-state index is -0.227. The molecule has 0 aromatic carbocycles. The van der Waals surface area contributed by atoms with Crippen LogP contribution in [0.15, 0.2) is 37.1 Å². The Bertz CT molecular complexity index is 594. The molecular formula is C16H20N4O2. The molecule has 0 radical (unpaired) electrons. The number of carbonyl (C=O) groups is 1. The summed E-state index contributed by atoms with van der Waals surface area (Å²) in [7, 11) is 0. The van der Waals surface area contributed by atoms with Crippen LogP contribution in [0, 0.1) is 5.92 Å². The van der Waals surface area contributed by atoms with Gasteiger partial charge in [0, 0.05) is 30.3 Å². The molecule has 116 valence electrons. The average Bonchev–Trinajstić information content (AvgIpc) is 2.97. The highest BCUT2D eigenvalue weighted by Gasteiger charge is 2.34. The van der Waals surface area contributed by atoms with Crippen molar-refractivity contribution in [2.24, 2.45) is 5.92 Å². The van der Waals surface area contributed by atoms with Gasteiger partial charge in [-0.15, -0.1) is 0 Å². The van der Waals surface area contributed by atoms with Gasteiger partial charge in [0.05, 0.1) is 18.9 Å². The van der Waals surface area contributed by atoms with Gasteiger partial charge in [0.1, 0.15) is 0 Å². The zero-order valence-electron chi connectivity index (χ0n) is 12.3. The van der Waals surface area contributed by atoms with E-state index in [-0.39, 0.29) is 18.1 Å². The first-order chi connectivity index (χ1) is 10.7. The Morgan fingerprint density at radius 1 is 1.36 bits per heavy atom. The molecule has 1 saturated carbocycles. The molecule has 3 N–H and O–H groups in total. The summed E-state index contributed by atoms with van der Waals surface area (Å²) in [5.41, 5.74) is 1.94. The van der Waals surface area contributed by atoms with Crippen LogP contribution in [-0.2, 0) is 17.6 Å². The minimum absolute atomic E-state index is 0.0234. The molecule has 6 nitrogen and oxygen atoms in total. The fourth-order valence-corrected chi connectivity index (χ4v) is 2.88. The van der Waals surface area contributed by atoms with Crippen molar-refractivity contribution in [3.63, 3.8) is 0 Å². The molecule has 1 unspecified atom stereocenters. The zero-order valence-corrected chi connectivity index (χ0v) is 12.3. The van der Waals surface area contributed by atoms with E-state index in [0.717, 1.165) is 30.5 Å². The van der Waals surface area contributed by atoms with Crippen LogP contribution in [0.1, 0.15) is 24.1 Å². The van der Waals surface area contributed by atoms with E-state index in [1.807, 2.05) is 12.1 Å². The van der Waals surface area contributed by atoms with E-state index in [1.165, 1.54) is 0 Å². The molecular weight excluding hydrogens is 280 g/mol. The summed E-state index contributed by atoms with van der Waals surface area (Å²) in [5, 5.41) is 12.6.